The highest BCUT2D eigenvalue weighted by Gasteiger charge is 2.18. The SMILES string of the molecule is Cc1noc(COC(=O)c2ccccc2-c2nnc(C)o2)n1. The van der Waals surface area contributed by atoms with Gasteiger partial charge in [0.25, 0.3) is 5.89 Å². The molecule has 112 valence electrons. The van der Waals surface area contributed by atoms with Gasteiger partial charge in [0.05, 0.1) is 11.1 Å². The molecule has 0 fully saturated rings. The Labute approximate surface area is 125 Å². The lowest BCUT2D eigenvalue weighted by atomic mass is 10.1. The lowest BCUT2D eigenvalue weighted by molar-refractivity contribution is 0.0430. The second kappa shape index (κ2) is 5.76. The molecule has 0 atom stereocenters. The van der Waals surface area contributed by atoms with Gasteiger partial charge in [-0.05, 0) is 19.1 Å². The van der Waals surface area contributed by atoms with Gasteiger partial charge in [-0.25, -0.2) is 4.79 Å². The van der Waals surface area contributed by atoms with Crippen molar-refractivity contribution < 1.29 is 18.5 Å². The third kappa shape index (κ3) is 2.85. The third-order valence-corrected chi connectivity index (χ3v) is 2.80. The normalized spacial score (nSPS) is 10.6. The van der Waals surface area contributed by atoms with Gasteiger partial charge in [0.1, 0.15) is 0 Å². The summed E-state index contributed by atoms with van der Waals surface area (Å²) in [5.41, 5.74) is 0.831. The first-order chi connectivity index (χ1) is 10.6. The number of carbonyl (C=O) groups excluding carboxylic acids is 1. The van der Waals surface area contributed by atoms with E-state index in [2.05, 4.69) is 20.3 Å². The second-order valence-electron chi connectivity index (χ2n) is 4.48. The van der Waals surface area contributed by atoms with E-state index in [0.29, 0.717) is 22.8 Å². The average Bonchev–Trinajstić information content (AvgIpc) is 3.13. The van der Waals surface area contributed by atoms with Crippen molar-refractivity contribution in [3.63, 3.8) is 0 Å². The van der Waals surface area contributed by atoms with E-state index in [-0.39, 0.29) is 18.4 Å². The maximum Gasteiger partial charge on any atom is 0.339 e. The maximum atomic E-state index is 12.2. The summed E-state index contributed by atoms with van der Waals surface area (Å²) >= 11 is 0. The summed E-state index contributed by atoms with van der Waals surface area (Å²) in [4.78, 5) is 16.2. The molecule has 0 amide bonds. The monoisotopic (exact) mass is 300 g/mol. The molecule has 2 heterocycles. The van der Waals surface area contributed by atoms with Crippen molar-refractivity contribution in [1.29, 1.82) is 0 Å². The zero-order valence-electron chi connectivity index (χ0n) is 11.9. The number of carbonyl (C=O) groups is 1. The molecule has 0 aliphatic rings. The number of hydrogen-bond donors (Lipinski definition) is 0. The molecule has 1 aromatic carbocycles. The van der Waals surface area contributed by atoms with Crippen molar-refractivity contribution >= 4 is 5.97 Å². The molecule has 3 rings (SSSR count). The molecule has 0 bridgehead atoms. The summed E-state index contributed by atoms with van der Waals surface area (Å²) in [5.74, 6) is 0.852. The van der Waals surface area contributed by atoms with Crippen LogP contribution in [0.1, 0.15) is 28.0 Å². The fourth-order valence-electron chi connectivity index (χ4n) is 1.86. The van der Waals surface area contributed by atoms with Crippen molar-refractivity contribution in [3.05, 3.63) is 47.4 Å². The summed E-state index contributed by atoms with van der Waals surface area (Å²) in [6.45, 7) is 3.26. The summed E-state index contributed by atoms with van der Waals surface area (Å²) < 4.78 is 15.4. The first kappa shape index (κ1) is 13.9. The van der Waals surface area contributed by atoms with E-state index in [0.717, 1.165) is 0 Å². The van der Waals surface area contributed by atoms with E-state index < -0.39 is 5.97 Å². The van der Waals surface area contributed by atoms with E-state index in [9.17, 15) is 4.79 Å². The lowest BCUT2D eigenvalue weighted by Gasteiger charge is -2.05. The molecule has 22 heavy (non-hydrogen) atoms. The minimum absolute atomic E-state index is 0.100. The summed E-state index contributed by atoms with van der Waals surface area (Å²) in [6, 6.07) is 6.82. The molecular weight excluding hydrogens is 288 g/mol. The highest BCUT2D eigenvalue weighted by molar-refractivity contribution is 5.96. The topological polar surface area (TPSA) is 104 Å². The zero-order chi connectivity index (χ0) is 15.5. The number of benzene rings is 1. The van der Waals surface area contributed by atoms with Crippen LogP contribution in [0.25, 0.3) is 11.5 Å². The van der Waals surface area contributed by atoms with Gasteiger partial charge in [0.15, 0.2) is 12.4 Å². The number of rotatable bonds is 4. The van der Waals surface area contributed by atoms with E-state index in [1.165, 1.54) is 0 Å². The van der Waals surface area contributed by atoms with Gasteiger partial charge in [-0.1, -0.05) is 17.3 Å². The molecule has 0 saturated heterocycles. The molecule has 0 N–H and O–H groups in total. The predicted octanol–water partition coefficient (Wildman–Crippen LogP) is 2.09. The highest BCUT2D eigenvalue weighted by atomic mass is 16.6. The van der Waals surface area contributed by atoms with Gasteiger partial charge in [-0.3, -0.25) is 0 Å². The lowest BCUT2D eigenvalue weighted by Crippen LogP contribution is -2.07. The van der Waals surface area contributed by atoms with Crippen LogP contribution >= 0.6 is 0 Å². The molecule has 0 radical (unpaired) electrons. The Balaban J connectivity index is 1.80. The zero-order valence-corrected chi connectivity index (χ0v) is 11.9. The van der Waals surface area contributed by atoms with Gasteiger partial charge in [-0.15, -0.1) is 10.2 Å². The van der Waals surface area contributed by atoms with E-state index in [4.69, 9.17) is 13.7 Å². The maximum absolute atomic E-state index is 12.2. The minimum Gasteiger partial charge on any atom is -0.452 e. The van der Waals surface area contributed by atoms with Gasteiger partial charge in [0, 0.05) is 6.92 Å². The number of nitrogens with zero attached hydrogens (tertiary/aromatic N) is 4. The summed E-state index contributed by atoms with van der Waals surface area (Å²) in [7, 11) is 0. The quantitative estimate of drug-likeness (QED) is 0.674. The van der Waals surface area contributed by atoms with Crippen LogP contribution in [0.2, 0.25) is 0 Å². The Morgan fingerprint density at radius 1 is 1.23 bits per heavy atom. The van der Waals surface area contributed by atoms with Crippen LogP contribution in [0, 0.1) is 13.8 Å². The number of aromatic nitrogens is 4. The van der Waals surface area contributed by atoms with Crippen LogP contribution in [0.5, 0.6) is 0 Å². The Kier molecular flexibility index (Phi) is 3.65. The van der Waals surface area contributed by atoms with Crippen LogP contribution in [0.15, 0.2) is 33.2 Å². The molecule has 0 aliphatic carbocycles. The Hall–Kier alpha value is -3.03. The Morgan fingerprint density at radius 3 is 2.73 bits per heavy atom. The number of aryl methyl sites for hydroxylation is 2. The third-order valence-electron chi connectivity index (χ3n) is 2.80. The highest BCUT2D eigenvalue weighted by Crippen LogP contribution is 2.23. The Morgan fingerprint density at radius 2 is 2.05 bits per heavy atom. The summed E-state index contributed by atoms with van der Waals surface area (Å²) in [5, 5.41) is 11.3. The molecular formula is C14H12N4O4. The van der Waals surface area contributed by atoms with E-state index in [1.807, 2.05) is 0 Å². The van der Waals surface area contributed by atoms with E-state index in [1.54, 1.807) is 38.1 Å². The van der Waals surface area contributed by atoms with Crippen molar-refractivity contribution in [1.82, 2.24) is 20.3 Å². The molecule has 3 aromatic rings. The van der Waals surface area contributed by atoms with Gasteiger partial charge in [-0.2, -0.15) is 4.98 Å². The first-order valence-electron chi connectivity index (χ1n) is 6.49. The smallest absolute Gasteiger partial charge is 0.339 e. The summed E-state index contributed by atoms with van der Waals surface area (Å²) in [6.07, 6.45) is 0. The van der Waals surface area contributed by atoms with Crippen molar-refractivity contribution in [2.45, 2.75) is 20.5 Å². The fourth-order valence-corrected chi connectivity index (χ4v) is 1.86. The molecule has 0 unspecified atom stereocenters. The van der Waals surface area contributed by atoms with Crippen molar-refractivity contribution in [2.24, 2.45) is 0 Å². The number of ether oxygens (including phenoxy) is 1. The van der Waals surface area contributed by atoms with Crippen LogP contribution in [0.4, 0.5) is 0 Å². The number of hydrogen-bond acceptors (Lipinski definition) is 8. The fraction of sp³-hybridized carbons (Fsp3) is 0.214. The minimum atomic E-state index is -0.540. The molecule has 8 nitrogen and oxygen atoms in total. The van der Waals surface area contributed by atoms with Gasteiger partial charge >= 0.3 is 5.97 Å². The van der Waals surface area contributed by atoms with Crippen LogP contribution in [-0.4, -0.2) is 26.3 Å². The number of esters is 1. The largest absolute Gasteiger partial charge is 0.452 e. The van der Waals surface area contributed by atoms with Crippen molar-refractivity contribution in [2.75, 3.05) is 0 Å². The van der Waals surface area contributed by atoms with Gasteiger partial charge in [0.2, 0.25) is 11.8 Å². The average molecular weight is 300 g/mol. The van der Waals surface area contributed by atoms with Gasteiger partial charge < -0.3 is 13.7 Å². The second-order valence-corrected chi connectivity index (χ2v) is 4.48. The molecule has 8 heteroatoms. The molecule has 0 aliphatic heterocycles. The predicted molar refractivity (Wildman–Crippen MR) is 72.6 cm³/mol. The van der Waals surface area contributed by atoms with E-state index >= 15 is 0 Å². The van der Waals surface area contributed by atoms with Crippen LogP contribution in [-0.2, 0) is 11.3 Å². The van der Waals surface area contributed by atoms with Crippen molar-refractivity contribution in [3.8, 4) is 11.5 Å². The molecule has 2 aromatic heterocycles. The molecule has 0 spiro atoms. The van der Waals surface area contributed by atoms with Crippen LogP contribution < -0.4 is 0 Å². The standard InChI is InChI=1S/C14H12N4O4/c1-8-15-12(22-18-8)7-20-14(19)11-6-4-3-5-10(11)13-17-16-9(2)21-13/h3-6H,7H2,1-2H3. The Bertz CT molecular complexity index is 809. The first-order valence-corrected chi connectivity index (χ1v) is 6.49. The van der Waals surface area contributed by atoms with Crippen LogP contribution in [0.3, 0.4) is 0 Å². The molecule has 0 saturated carbocycles.